The molecule has 2 amide bonds. The maximum absolute atomic E-state index is 13.6. The second kappa shape index (κ2) is 7.93. The second-order valence-electron chi connectivity index (χ2n) is 9.70. The number of hydrogen-bond acceptors (Lipinski definition) is 2. The summed E-state index contributed by atoms with van der Waals surface area (Å²) in [6.45, 7) is 9.74. The van der Waals surface area contributed by atoms with Crippen LogP contribution in [0.15, 0.2) is 42.6 Å². The van der Waals surface area contributed by atoms with Gasteiger partial charge < -0.3 is 14.4 Å². The van der Waals surface area contributed by atoms with Gasteiger partial charge >= 0.3 is 0 Å². The zero-order valence-corrected chi connectivity index (χ0v) is 18.6. The van der Waals surface area contributed by atoms with Crippen molar-refractivity contribution in [1.82, 2.24) is 14.4 Å². The van der Waals surface area contributed by atoms with Crippen molar-refractivity contribution in [3.63, 3.8) is 0 Å². The van der Waals surface area contributed by atoms with E-state index in [4.69, 9.17) is 0 Å². The van der Waals surface area contributed by atoms with E-state index >= 15 is 0 Å². The highest BCUT2D eigenvalue weighted by Crippen LogP contribution is 2.35. The molecule has 2 aliphatic rings. The van der Waals surface area contributed by atoms with Crippen molar-refractivity contribution in [1.29, 1.82) is 0 Å². The summed E-state index contributed by atoms with van der Waals surface area (Å²) in [5.41, 5.74) is 3.08. The molecule has 1 aliphatic carbocycles. The zero-order valence-electron chi connectivity index (χ0n) is 18.6. The third-order valence-corrected chi connectivity index (χ3v) is 6.67. The second-order valence-corrected chi connectivity index (χ2v) is 9.70. The Morgan fingerprint density at radius 2 is 1.80 bits per heavy atom. The number of hydrogen-bond donors (Lipinski definition) is 0. The molecule has 1 saturated carbocycles. The van der Waals surface area contributed by atoms with Crippen LogP contribution in [0.4, 0.5) is 0 Å². The van der Waals surface area contributed by atoms with Gasteiger partial charge in [0.25, 0.3) is 0 Å². The largest absolute Gasteiger partial charge is 0.348 e. The quantitative estimate of drug-likeness (QED) is 0.764. The van der Waals surface area contributed by atoms with Gasteiger partial charge in [-0.2, -0.15) is 0 Å². The minimum Gasteiger partial charge on any atom is -0.348 e. The van der Waals surface area contributed by atoms with Gasteiger partial charge in [-0.1, -0.05) is 30.7 Å². The van der Waals surface area contributed by atoms with Crippen LogP contribution in [0.2, 0.25) is 0 Å². The maximum Gasteiger partial charge on any atom is 0.243 e. The molecule has 5 heteroatoms. The number of nitrogens with zero attached hydrogens (tertiary/aromatic N) is 3. The molecular weight excluding hydrogens is 374 g/mol. The Hall–Kier alpha value is -2.56. The molecule has 0 radical (unpaired) electrons. The molecule has 1 aromatic carbocycles. The van der Waals surface area contributed by atoms with Crippen molar-refractivity contribution in [2.75, 3.05) is 13.1 Å². The van der Waals surface area contributed by atoms with Gasteiger partial charge in [0, 0.05) is 36.4 Å². The van der Waals surface area contributed by atoms with E-state index in [2.05, 4.69) is 42.0 Å². The van der Waals surface area contributed by atoms with Crippen LogP contribution in [-0.4, -0.2) is 44.8 Å². The Bertz CT molecular complexity index is 936. The standard InChI is InChI=1S/C25H33N3O2/c1-18-9-5-6-12-20(18)23-21-13-8-14-26(21)15-16-27(23)22(29)17-28(25(2,3)4)24(30)19-10-7-11-19/h5-6,8-9,12-14,19,23H,7,10-11,15-17H2,1-4H3. The molecule has 4 rings (SSSR count). The van der Waals surface area contributed by atoms with Crippen molar-refractivity contribution in [3.05, 3.63) is 59.4 Å². The molecule has 1 aliphatic heterocycles. The first-order valence-corrected chi connectivity index (χ1v) is 11.1. The molecule has 1 aromatic heterocycles. The molecule has 1 fully saturated rings. The monoisotopic (exact) mass is 407 g/mol. The van der Waals surface area contributed by atoms with Crippen molar-refractivity contribution in [2.24, 2.45) is 5.92 Å². The smallest absolute Gasteiger partial charge is 0.243 e. The molecular formula is C25H33N3O2. The van der Waals surface area contributed by atoms with Gasteiger partial charge in [-0.3, -0.25) is 9.59 Å². The van der Waals surface area contributed by atoms with E-state index in [0.717, 1.165) is 37.1 Å². The Labute approximate surface area is 179 Å². The van der Waals surface area contributed by atoms with Crippen LogP contribution >= 0.6 is 0 Å². The fourth-order valence-corrected chi connectivity index (χ4v) is 4.62. The first-order chi connectivity index (χ1) is 14.3. The van der Waals surface area contributed by atoms with Crippen LogP contribution in [0, 0.1) is 12.8 Å². The Kier molecular flexibility index (Phi) is 5.48. The van der Waals surface area contributed by atoms with E-state index in [1.54, 1.807) is 0 Å². The third kappa shape index (κ3) is 3.78. The predicted octanol–water partition coefficient (Wildman–Crippen LogP) is 4.16. The number of amides is 2. The topological polar surface area (TPSA) is 45.6 Å². The van der Waals surface area contributed by atoms with Gasteiger partial charge in [0.2, 0.25) is 11.8 Å². The molecule has 1 atom stereocenters. The summed E-state index contributed by atoms with van der Waals surface area (Å²) >= 11 is 0. The lowest BCUT2D eigenvalue weighted by Crippen LogP contribution is -2.55. The Balaban J connectivity index is 1.64. The van der Waals surface area contributed by atoms with Gasteiger partial charge in [0.15, 0.2) is 0 Å². The summed E-state index contributed by atoms with van der Waals surface area (Å²) in [5, 5.41) is 0. The normalized spacial score (nSPS) is 19.2. The number of rotatable bonds is 4. The number of fused-ring (bicyclic) bond motifs is 1. The number of carbonyl (C=O) groups excluding carboxylic acids is 2. The van der Waals surface area contributed by atoms with E-state index in [1.165, 1.54) is 5.56 Å². The van der Waals surface area contributed by atoms with Gasteiger partial charge in [0.05, 0.1) is 6.04 Å². The van der Waals surface area contributed by atoms with Crippen LogP contribution in [0.25, 0.3) is 0 Å². The van der Waals surface area contributed by atoms with Crippen molar-refractivity contribution >= 4 is 11.8 Å². The summed E-state index contributed by atoms with van der Waals surface area (Å²) in [6.07, 6.45) is 5.09. The highest BCUT2D eigenvalue weighted by Gasteiger charge is 2.39. The summed E-state index contributed by atoms with van der Waals surface area (Å²) in [4.78, 5) is 30.5. The summed E-state index contributed by atoms with van der Waals surface area (Å²) < 4.78 is 2.24. The van der Waals surface area contributed by atoms with E-state index in [-0.39, 0.29) is 35.9 Å². The predicted molar refractivity (Wildman–Crippen MR) is 118 cm³/mol. The van der Waals surface area contributed by atoms with Crippen LogP contribution in [0.3, 0.4) is 0 Å². The fourth-order valence-electron chi connectivity index (χ4n) is 4.62. The third-order valence-electron chi connectivity index (χ3n) is 6.67. The molecule has 2 heterocycles. The average Bonchev–Trinajstić information content (AvgIpc) is 3.12. The summed E-state index contributed by atoms with van der Waals surface area (Å²) in [5.74, 6) is 0.246. The maximum atomic E-state index is 13.6. The first-order valence-electron chi connectivity index (χ1n) is 11.1. The van der Waals surface area contributed by atoms with Crippen molar-refractivity contribution < 1.29 is 9.59 Å². The minimum absolute atomic E-state index is 0.0262. The highest BCUT2D eigenvalue weighted by atomic mass is 16.2. The lowest BCUT2D eigenvalue weighted by Gasteiger charge is -2.43. The summed E-state index contributed by atoms with van der Waals surface area (Å²) in [7, 11) is 0. The van der Waals surface area contributed by atoms with Crippen LogP contribution < -0.4 is 0 Å². The average molecular weight is 408 g/mol. The molecule has 5 nitrogen and oxygen atoms in total. The molecule has 0 bridgehead atoms. The lowest BCUT2D eigenvalue weighted by molar-refractivity contribution is -0.150. The van der Waals surface area contributed by atoms with Crippen LogP contribution in [0.1, 0.15) is 62.9 Å². The first kappa shape index (κ1) is 20.7. The van der Waals surface area contributed by atoms with E-state index < -0.39 is 0 Å². The molecule has 0 N–H and O–H groups in total. The van der Waals surface area contributed by atoms with Crippen molar-refractivity contribution in [3.8, 4) is 0 Å². The SMILES string of the molecule is Cc1ccccc1C1c2cccn2CCN1C(=O)CN(C(=O)C1CCC1)C(C)(C)C. The van der Waals surface area contributed by atoms with Gasteiger partial charge in [-0.25, -0.2) is 0 Å². The molecule has 2 aromatic rings. The number of aromatic nitrogens is 1. The molecule has 0 saturated heterocycles. The Morgan fingerprint density at radius 1 is 1.07 bits per heavy atom. The van der Waals surface area contributed by atoms with Gasteiger partial charge in [0.1, 0.15) is 6.54 Å². The molecule has 0 spiro atoms. The molecule has 1 unspecified atom stereocenters. The number of aryl methyl sites for hydroxylation is 1. The van der Waals surface area contributed by atoms with Crippen LogP contribution in [0.5, 0.6) is 0 Å². The minimum atomic E-state index is -0.378. The van der Waals surface area contributed by atoms with Gasteiger partial charge in [-0.05, 0) is 63.8 Å². The zero-order chi connectivity index (χ0) is 21.5. The molecule has 160 valence electrons. The number of benzene rings is 1. The van der Waals surface area contributed by atoms with Crippen LogP contribution in [-0.2, 0) is 16.1 Å². The van der Waals surface area contributed by atoms with E-state index in [1.807, 2.05) is 42.7 Å². The van der Waals surface area contributed by atoms with E-state index in [9.17, 15) is 9.59 Å². The number of carbonyl (C=O) groups is 2. The molecule has 30 heavy (non-hydrogen) atoms. The van der Waals surface area contributed by atoms with Gasteiger partial charge in [-0.15, -0.1) is 0 Å². The Morgan fingerprint density at radius 3 is 2.43 bits per heavy atom. The highest BCUT2D eigenvalue weighted by molar-refractivity contribution is 5.87. The van der Waals surface area contributed by atoms with Crippen molar-refractivity contribution in [2.45, 2.75) is 65.1 Å². The van der Waals surface area contributed by atoms with E-state index in [0.29, 0.717) is 6.54 Å². The fraction of sp³-hybridized carbons (Fsp3) is 0.520. The lowest BCUT2D eigenvalue weighted by atomic mass is 9.83. The summed E-state index contributed by atoms with van der Waals surface area (Å²) in [6, 6.07) is 12.3.